The zero-order valence-electron chi connectivity index (χ0n) is 16.6. The van der Waals surface area contributed by atoms with Gasteiger partial charge in [-0.05, 0) is 50.8 Å². The Morgan fingerprint density at radius 3 is 2.44 bits per heavy atom. The molecule has 0 saturated carbocycles. The largest absolute Gasteiger partial charge is 0.447 e. The van der Waals surface area contributed by atoms with Crippen LogP contribution in [0.15, 0.2) is 24.3 Å². The zero-order valence-corrected chi connectivity index (χ0v) is 16.6. The molecule has 0 radical (unpaired) electrons. The molecule has 1 N–H and O–H groups in total. The predicted molar refractivity (Wildman–Crippen MR) is 101 cm³/mol. The summed E-state index contributed by atoms with van der Waals surface area (Å²) in [6.07, 6.45) is -0.356. The number of anilines is 1. The average molecular weight is 376 g/mol. The third kappa shape index (κ3) is 5.98. The van der Waals surface area contributed by atoms with Crippen LogP contribution < -0.4 is 5.32 Å². The van der Waals surface area contributed by atoms with Gasteiger partial charge in [0.2, 0.25) is 5.91 Å². The maximum Gasteiger partial charge on any atom is 0.416 e. The van der Waals surface area contributed by atoms with Crippen LogP contribution in [0, 0.1) is 5.92 Å². The first kappa shape index (κ1) is 20.7. The number of benzene rings is 1. The molecule has 1 fully saturated rings. The van der Waals surface area contributed by atoms with Crippen LogP contribution in [0.2, 0.25) is 0 Å². The number of nitrogens with one attached hydrogen (secondary N) is 1. The molecule has 1 saturated heterocycles. The number of carbonyl (C=O) groups excluding carboxylic acids is 3. The third-order valence-electron chi connectivity index (χ3n) is 4.17. The molecule has 2 rings (SSSR count). The van der Waals surface area contributed by atoms with Crippen LogP contribution in [0.25, 0.3) is 0 Å². The Labute approximate surface area is 160 Å². The Kier molecular flexibility index (Phi) is 6.46. The normalized spacial score (nSPS) is 17.0. The van der Waals surface area contributed by atoms with Crippen LogP contribution >= 0.6 is 0 Å². The van der Waals surface area contributed by atoms with Crippen LogP contribution in [-0.2, 0) is 20.7 Å². The van der Waals surface area contributed by atoms with Gasteiger partial charge in [0.05, 0.1) is 6.04 Å². The molecular formula is C20H28N2O5. The highest BCUT2D eigenvalue weighted by Gasteiger charge is 2.39. The molecule has 148 valence electrons. The number of aryl methyl sites for hydroxylation is 1. The molecular weight excluding hydrogens is 348 g/mol. The molecule has 0 bridgehead atoms. The van der Waals surface area contributed by atoms with Crippen molar-refractivity contribution in [2.75, 3.05) is 11.9 Å². The fraction of sp³-hybridized carbons (Fsp3) is 0.550. The number of carbonyl (C=O) groups is 3. The van der Waals surface area contributed by atoms with Gasteiger partial charge in [-0.3, -0.25) is 10.1 Å². The van der Waals surface area contributed by atoms with Crippen molar-refractivity contribution in [3.63, 3.8) is 0 Å². The van der Waals surface area contributed by atoms with E-state index in [4.69, 9.17) is 9.47 Å². The van der Waals surface area contributed by atoms with Crippen molar-refractivity contribution in [2.45, 2.75) is 59.1 Å². The molecule has 0 unspecified atom stereocenters. The van der Waals surface area contributed by atoms with Gasteiger partial charge in [-0.2, -0.15) is 0 Å². The minimum absolute atomic E-state index is 0.151. The van der Waals surface area contributed by atoms with Crippen molar-refractivity contribution >= 4 is 23.8 Å². The first-order valence-corrected chi connectivity index (χ1v) is 9.14. The minimum Gasteiger partial charge on any atom is -0.447 e. The lowest BCUT2D eigenvalue weighted by Crippen LogP contribution is -2.41. The van der Waals surface area contributed by atoms with Crippen molar-refractivity contribution in [1.29, 1.82) is 0 Å². The van der Waals surface area contributed by atoms with E-state index in [1.807, 2.05) is 26.0 Å². The smallest absolute Gasteiger partial charge is 0.416 e. The topological polar surface area (TPSA) is 84.9 Å². The summed E-state index contributed by atoms with van der Waals surface area (Å²) >= 11 is 0. The molecule has 7 heteroatoms. The summed E-state index contributed by atoms with van der Waals surface area (Å²) in [6, 6.07) is 6.98. The molecule has 1 aromatic rings. The lowest BCUT2D eigenvalue weighted by Gasteiger charge is -2.22. The van der Waals surface area contributed by atoms with E-state index in [1.54, 1.807) is 32.9 Å². The highest BCUT2D eigenvalue weighted by atomic mass is 16.6. The number of rotatable bonds is 5. The molecule has 1 atom stereocenters. The number of hydrogen-bond donors (Lipinski definition) is 1. The number of imide groups is 1. The monoisotopic (exact) mass is 376 g/mol. The van der Waals surface area contributed by atoms with Crippen LogP contribution in [-0.4, -0.2) is 41.2 Å². The van der Waals surface area contributed by atoms with Gasteiger partial charge in [0.1, 0.15) is 12.2 Å². The van der Waals surface area contributed by atoms with E-state index in [2.05, 4.69) is 5.32 Å². The minimum atomic E-state index is -0.561. The summed E-state index contributed by atoms with van der Waals surface area (Å²) in [6.45, 7) is 9.58. The number of ether oxygens (including phenoxy) is 2. The summed E-state index contributed by atoms with van der Waals surface area (Å²) in [4.78, 5) is 37.3. The van der Waals surface area contributed by atoms with E-state index in [1.165, 1.54) is 4.90 Å². The molecule has 1 heterocycles. The maximum absolute atomic E-state index is 12.4. The van der Waals surface area contributed by atoms with E-state index >= 15 is 0 Å². The Balaban J connectivity index is 1.88. The second kappa shape index (κ2) is 8.41. The van der Waals surface area contributed by atoms with Gasteiger partial charge in [0, 0.05) is 12.1 Å². The van der Waals surface area contributed by atoms with Crippen molar-refractivity contribution in [2.24, 2.45) is 5.92 Å². The van der Waals surface area contributed by atoms with Crippen molar-refractivity contribution in [3.05, 3.63) is 29.8 Å². The molecule has 3 amide bonds. The summed E-state index contributed by atoms with van der Waals surface area (Å²) in [5.74, 6) is -0.0780. The molecule has 0 aromatic heterocycles. The lowest BCUT2D eigenvalue weighted by atomic mass is 10.0. The summed E-state index contributed by atoms with van der Waals surface area (Å²) in [5.41, 5.74) is 0.990. The highest BCUT2D eigenvalue weighted by molar-refractivity contribution is 5.93. The second-order valence-corrected chi connectivity index (χ2v) is 7.98. The number of hydrogen-bond acceptors (Lipinski definition) is 5. The Bertz CT molecular complexity index is 691. The van der Waals surface area contributed by atoms with Crippen LogP contribution in [0.5, 0.6) is 0 Å². The SMILES string of the molecule is CC(C)[C@@H]1COC(=O)N1C(=O)CCc1ccc(NC(=O)OC(C)(C)C)cc1. The van der Waals surface area contributed by atoms with Gasteiger partial charge in [0.25, 0.3) is 0 Å². The predicted octanol–water partition coefficient (Wildman–Crippen LogP) is 3.97. The van der Waals surface area contributed by atoms with E-state index in [-0.39, 0.29) is 30.9 Å². The molecule has 0 spiro atoms. The van der Waals surface area contributed by atoms with Gasteiger partial charge < -0.3 is 9.47 Å². The third-order valence-corrected chi connectivity index (χ3v) is 4.17. The Morgan fingerprint density at radius 2 is 1.89 bits per heavy atom. The quantitative estimate of drug-likeness (QED) is 0.840. The van der Waals surface area contributed by atoms with Gasteiger partial charge in [-0.1, -0.05) is 26.0 Å². The Morgan fingerprint density at radius 1 is 1.26 bits per heavy atom. The molecule has 7 nitrogen and oxygen atoms in total. The van der Waals surface area contributed by atoms with E-state index < -0.39 is 17.8 Å². The molecule has 0 aliphatic carbocycles. The second-order valence-electron chi connectivity index (χ2n) is 7.98. The van der Waals surface area contributed by atoms with E-state index in [9.17, 15) is 14.4 Å². The van der Waals surface area contributed by atoms with Crippen molar-refractivity contribution in [1.82, 2.24) is 4.90 Å². The lowest BCUT2D eigenvalue weighted by molar-refractivity contribution is -0.129. The van der Waals surface area contributed by atoms with E-state index in [0.717, 1.165) is 5.56 Å². The van der Waals surface area contributed by atoms with Crippen LogP contribution in [0.4, 0.5) is 15.3 Å². The number of amides is 3. The van der Waals surface area contributed by atoms with Gasteiger partial charge in [-0.25, -0.2) is 14.5 Å². The van der Waals surface area contributed by atoms with Gasteiger partial charge in [0.15, 0.2) is 0 Å². The number of nitrogens with zero attached hydrogens (tertiary/aromatic N) is 1. The zero-order chi connectivity index (χ0) is 20.2. The van der Waals surface area contributed by atoms with Gasteiger partial charge >= 0.3 is 12.2 Å². The summed E-state index contributed by atoms with van der Waals surface area (Å²) in [7, 11) is 0. The number of cyclic esters (lactones) is 1. The van der Waals surface area contributed by atoms with E-state index in [0.29, 0.717) is 12.1 Å². The van der Waals surface area contributed by atoms with Crippen LogP contribution in [0.1, 0.15) is 46.6 Å². The van der Waals surface area contributed by atoms with Crippen molar-refractivity contribution < 1.29 is 23.9 Å². The highest BCUT2D eigenvalue weighted by Crippen LogP contribution is 2.21. The summed E-state index contributed by atoms with van der Waals surface area (Å²) in [5, 5.41) is 2.66. The standard InChI is InChI=1S/C20H28N2O5/c1-13(2)16-12-26-19(25)22(16)17(23)11-8-14-6-9-15(10-7-14)21-18(24)27-20(3,4)5/h6-7,9-10,13,16H,8,11-12H2,1-5H3,(H,21,24)/t16-/m0/s1. The summed E-state index contributed by atoms with van der Waals surface area (Å²) < 4.78 is 10.2. The molecule has 1 aliphatic heterocycles. The van der Waals surface area contributed by atoms with Crippen molar-refractivity contribution in [3.8, 4) is 0 Å². The molecule has 27 heavy (non-hydrogen) atoms. The maximum atomic E-state index is 12.4. The fourth-order valence-corrected chi connectivity index (χ4v) is 2.76. The molecule has 1 aliphatic rings. The van der Waals surface area contributed by atoms with Gasteiger partial charge in [-0.15, -0.1) is 0 Å². The Hall–Kier alpha value is -2.57. The first-order valence-electron chi connectivity index (χ1n) is 9.14. The van der Waals surface area contributed by atoms with Crippen LogP contribution in [0.3, 0.4) is 0 Å². The molecule has 1 aromatic carbocycles. The average Bonchev–Trinajstić information content (AvgIpc) is 2.94. The first-order chi connectivity index (χ1) is 12.6. The fourth-order valence-electron chi connectivity index (χ4n) is 2.76.